The smallest absolute Gasteiger partial charge is 0.328 e. The first-order chi connectivity index (χ1) is 13.1. The number of aliphatic imine (C=N–C) groups is 1. The van der Waals surface area contributed by atoms with Crippen LogP contribution in [0.5, 0.6) is 0 Å². The zero-order chi connectivity index (χ0) is 20.9. The van der Waals surface area contributed by atoms with Crippen LogP contribution in [-0.4, -0.2) is 35.1 Å². The van der Waals surface area contributed by atoms with Crippen LogP contribution < -0.4 is 5.43 Å². The van der Waals surface area contributed by atoms with Crippen LogP contribution in [0.2, 0.25) is 0 Å². The molecule has 0 bridgehead atoms. The van der Waals surface area contributed by atoms with Gasteiger partial charge in [-0.15, -0.1) is 0 Å². The van der Waals surface area contributed by atoms with Gasteiger partial charge in [0, 0.05) is 6.08 Å². The van der Waals surface area contributed by atoms with E-state index in [1.165, 1.54) is 28.4 Å². The first kappa shape index (κ1) is 21.9. The van der Waals surface area contributed by atoms with Gasteiger partial charge in [0.2, 0.25) is 0 Å². The van der Waals surface area contributed by atoms with Gasteiger partial charge in [0.1, 0.15) is 6.67 Å². The van der Waals surface area contributed by atoms with Crippen LogP contribution in [0.15, 0.2) is 63.2 Å². The Morgan fingerprint density at radius 1 is 1.32 bits per heavy atom. The lowest BCUT2D eigenvalue weighted by molar-refractivity contribution is -0.131. The van der Waals surface area contributed by atoms with Crippen LogP contribution in [-0.2, 0) is 4.79 Å². The number of hydrazine groups is 1. The lowest BCUT2D eigenvalue weighted by atomic mass is 9.70. The van der Waals surface area contributed by atoms with E-state index < -0.39 is 5.97 Å². The molecule has 0 aromatic rings. The summed E-state index contributed by atoms with van der Waals surface area (Å²) in [5.41, 5.74) is 9.29. The van der Waals surface area contributed by atoms with Gasteiger partial charge in [0.05, 0.1) is 12.4 Å². The van der Waals surface area contributed by atoms with Gasteiger partial charge in [-0.05, 0) is 68.2 Å². The van der Waals surface area contributed by atoms with Gasteiger partial charge >= 0.3 is 5.97 Å². The van der Waals surface area contributed by atoms with Crippen molar-refractivity contribution in [2.45, 2.75) is 60.4 Å². The minimum Gasteiger partial charge on any atom is -0.478 e. The molecule has 0 fully saturated rings. The third-order valence-electron chi connectivity index (χ3n) is 5.66. The highest BCUT2D eigenvalue weighted by Gasteiger charge is 2.35. The van der Waals surface area contributed by atoms with Gasteiger partial charge in [0.15, 0.2) is 0 Å². The fourth-order valence-electron chi connectivity index (χ4n) is 3.78. The molecule has 0 saturated heterocycles. The number of nitrogens with one attached hydrogen (secondary N) is 1. The maximum absolute atomic E-state index is 10.7. The standard InChI is InChI=1S/C23H33N3O2/c1-16(12-22(27)28)8-7-9-17(2)18(3)13-20-19(4)21(10-11-23(20,5)6)26-15-24-14-25-26/h7-9,12-14,21H,10-11,15H2,1-6H3,(H,24,25)(H,27,28). The maximum atomic E-state index is 10.7. The predicted octanol–water partition coefficient (Wildman–Crippen LogP) is 4.78. The van der Waals surface area contributed by atoms with Crippen molar-refractivity contribution in [2.24, 2.45) is 10.4 Å². The van der Waals surface area contributed by atoms with Crippen LogP contribution >= 0.6 is 0 Å². The molecule has 1 aliphatic heterocycles. The number of rotatable bonds is 6. The first-order valence-electron chi connectivity index (χ1n) is 9.79. The van der Waals surface area contributed by atoms with Gasteiger partial charge in [0.25, 0.3) is 0 Å². The third-order valence-corrected chi connectivity index (χ3v) is 5.66. The van der Waals surface area contributed by atoms with Crippen molar-refractivity contribution in [3.05, 3.63) is 58.2 Å². The minimum absolute atomic E-state index is 0.138. The number of hydrogen-bond acceptors (Lipinski definition) is 4. The Balaban J connectivity index is 2.25. The van der Waals surface area contributed by atoms with Gasteiger partial charge in [-0.2, -0.15) is 5.01 Å². The average molecular weight is 384 g/mol. The Morgan fingerprint density at radius 2 is 2.04 bits per heavy atom. The molecule has 2 aliphatic rings. The van der Waals surface area contributed by atoms with Crippen LogP contribution in [0.25, 0.3) is 0 Å². The summed E-state index contributed by atoms with van der Waals surface area (Å²) < 4.78 is 0. The summed E-state index contributed by atoms with van der Waals surface area (Å²) in [6.45, 7) is 13.6. The van der Waals surface area contributed by atoms with Crippen LogP contribution in [0.1, 0.15) is 54.4 Å². The quantitative estimate of drug-likeness (QED) is 0.512. The molecule has 5 nitrogen and oxygen atoms in total. The molecule has 0 radical (unpaired) electrons. The van der Waals surface area contributed by atoms with Crippen molar-refractivity contribution < 1.29 is 9.90 Å². The van der Waals surface area contributed by atoms with Gasteiger partial charge in [-0.1, -0.05) is 43.7 Å². The molecular formula is C23H33N3O2. The molecule has 1 unspecified atom stereocenters. The average Bonchev–Trinajstić information content (AvgIpc) is 3.11. The van der Waals surface area contributed by atoms with Gasteiger partial charge < -0.3 is 10.5 Å². The highest BCUT2D eigenvalue weighted by molar-refractivity contribution is 5.81. The molecule has 2 rings (SSSR count). The first-order valence-corrected chi connectivity index (χ1v) is 9.79. The highest BCUT2D eigenvalue weighted by Crippen LogP contribution is 2.43. The number of hydrogen-bond donors (Lipinski definition) is 2. The summed E-state index contributed by atoms with van der Waals surface area (Å²) in [5.74, 6) is -0.923. The lowest BCUT2D eigenvalue weighted by Crippen LogP contribution is -2.45. The number of aliphatic carboxylic acids is 1. The molecular weight excluding hydrogens is 350 g/mol. The zero-order valence-corrected chi connectivity index (χ0v) is 17.9. The molecule has 0 aromatic carbocycles. The SMILES string of the molecule is CC(C=CC=C(C)C(C)=CC1=C(C)C(N2CN=CN2)CCC1(C)C)=CC(=O)O. The number of carbonyl (C=O) groups is 1. The number of allylic oxidation sites excluding steroid dienone is 8. The van der Waals surface area contributed by atoms with Crippen molar-refractivity contribution in [1.82, 2.24) is 10.4 Å². The molecule has 0 amide bonds. The second-order valence-electron chi connectivity index (χ2n) is 8.35. The molecule has 1 aliphatic carbocycles. The van der Waals surface area contributed by atoms with Crippen LogP contribution in [0, 0.1) is 5.41 Å². The third kappa shape index (κ3) is 5.55. The topological polar surface area (TPSA) is 64.9 Å². The van der Waals surface area contributed by atoms with E-state index in [1.807, 2.05) is 18.2 Å². The summed E-state index contributed by atoms with van der Waals surface area (Å²) in [4.78, 5) is 15.0. The van der Waals surface area contributed by atoms with E-state index in [1.54, 1.807) is 13.3 Å². The molecule has 1 atom stereocenters. The Hall–Kier alpha value is -2.40. The summed E-state index contributed by atoms with van der Waals surface area (Å²) in [7, 11) is 0. The summed E-state index contributed by atoms with van der Waals surface area (Å²) >= 11 is 0. The van der Waals surface area contributed by atoms with E-state index in [0.717, 1.165) is 12.8 Å². The number of carboxylic acids is 1. The largest absolute Gasteiger partial charge is 0.478 e. The molecule has 0 aromatic heterocycles. The molecule has 2 N–H and O–H groups in total. The normalized spacial score (nSPS) is 24.2. The Morgan fingerprint density at radius 3 is 2.64 bits per heavy atom. The number of carboxylic acid groups (broad SMARTS) is 1. The van der Waals surface area contributed by atoms with Gasteiger partial charge in [-0.3, -0.25) is 4.99 Å². The molecule has 28 heavy (non-hydrogen) atoms. The second kappa shape index (κ2) is 9.20. The summed E-state index contributed by atoms with van der Waals surface area (Å²) in [6, 6.07) is 0.363. The van der Waals surface area contributed by atoms with E-state index in [0.29, 0.717) is 18.3 Å². The fraction of sp³-hybridized carbons (Fsp3) is 0.478. The van der Waals surface area contributed by atoms with Gasteiger partial charge in [-0.25, -0.2) is 4.79 Å². The Bertz CT molecular complexity index is 787. The number of nitrogens with zero attached hydrogens (tertiary/aromatic N) is 2. The van der Waals surface area contributed by atoms with Crippen molar-refractivity contribution in [2.75, 3.05) is 6.67 Å². The van der Waals surface area contributed by atoms with E-state index in [2.05, 4.69) is 56.1 Å². The summed E-state index contributed by atoms with van der Waals surface area (Å²) in [6.07, 6.45) is 13.3. The van der Waals surface area contributed by atoms with E-state index in [9.17, 15) is 4.79 Å². The van der Waals surface area contributed by atoms with Crippen molar-refractivity contribution in [3.63, 3.8) is 0 Å². The minimum atomic E-state index is -0.923. The molecule has 0 saturated carbocycles. The predicted molar refractivity (Wildman–Crippen MR) is 116 cm³/mol. The van der Waals surface area contributed by atoms with Crippen LogP contribution in [0.3, 0.4) is 0 Å². The lowest BCUT2D eigenvalue weighted by Gasteiger charge is -2.40. The van der Waals surface area contributed by atoms with E-state index in [-0.39, 0.29) is 5.41 Å². The Labute approximate surface area is 168 Å². The zero-order valence-electron chi connectivity index (χ0n) is 17.9. The fourth-order valence-corrected chi connectivity index (χ4v) is 3.78. The summed E-state index contributed by atoms with van der Waals surface area (Å²) in [5, 5.41) is 11.0. The van der Waals surface area contributed by atoms with Crippen molar-refractivity contribution in [1.29, 1.82) is 0 Å². The van der Waals surface area contributed by atoms with E-state index >= 15 is 0 Å². The second-order valence-corrected chi connectivity index (χ2v) is 8.35. The van der Waals surface area contributed by atoms with Crippen LogP contribution in [0.4, 0.5) is 0 Å². The molecule has 5 heteroatoms. The molecule has 0 spiro atoms. The Kier molecular flexibility index (Phi) is 7.19. The maximum Gasteiger partial charge on any atom is 0.328 e. The monoisotopic (exact) mass is 383 g/mol. The molecule has 152 valence electrons. The molecule has 1 heterocycles. The van der Waals surface area contributed by atoms with E-state index in [4.69, 9.17) is 5.11 Å². The van der Waals surface area contributed by atoms with Crippen molar-refractivity contribution in [3.8, 4) is 0 Å². The van der Waals surface area contributed by atoms with Crippen molar-refractivity contribution >= 4 is 12.3 Å². The highest BCUT2D eigenvalue weighted by atomic mass is 16.4.